The van der Waals surface area contributed by atoms with E-state index in [2.05, 4.69) is 0 Å². The van der Waals surface area contributed by atoms with Crippen LogP contribution in [0.1, 0.15) is 24.8 Å². The van der Waals surface area contributed by atoms with Gasteiger partial charge in [-0.25, -0.2) is 0 Å². The van der Waals surface area contributed by atoms with Gasteiger partial charge in [0.25, 0.3) is 17.4 Å². The van der Waals surface area contributed by atoms with E-state index in [0.717, 1.165) is 26.4 Å². The van der Waals surface area contributed by atoms with Crippen LogP contribution in [0.25, 0.3) is 22.3 Å². The highest BCUT2D eigenvalue weighted by molar-refractivity contribution is 5.89. The molecule has 1 aliphatic rings. The Balaban J connectivity index is 1.94. The summed E-state index contributed by atoms with van der Waals surface area (Å²) in [6.45, 7) is 0.124. The van der Waals surface area contributed by atoms with E-state index in [9.17, 15) is 38.1 Å². The normalized spacial score (nSPS) is 17.2. The molecule has 43 heavy (non-hydrogen) atoms. The summed E-state index contributed by atoms with van der Waals surface area (Å²) >= 11 is 0. The fourth-order valence-electron chi connectivity index (χ4n) is 4.91. The van der Waals surface area contributed by atoms with Crippen molar-refractivity contribution < 1.29 is 61.4 Å². The Morgan fingerprint density at radius 1 is 0.930 bits per heavy atom. The molecule has 2 aromatic carbocycles. The maximum atomic E-state index is 14.7. The van der Waals surface area contributed by atoms with E-state index in [-0.39, 0.29) is 24.4 Å². The highest BCUT2D eigenvalue weighted by atomic mass is 19.4. The summed E-state index contributed by atoms with van der Waals surface area (Å²) in [5.74, 6) is -6.83. The van der Waals surface area contributed by atoms with E-state index < -0.39 is 57.6 Å². The molecule has 234 valence electrons. The number of amides is 1. The predicted molar refractivity (Wildman–Crippen MR) is 143 cm³/mol. The van der Waals surface area contributed by atoms with E-state index in [1.165, 1.54) is 25.6 Å². The SMILES string of the molecule is COc1ccc(-c2cc(=O)c3c(OC)c(C(O)(C(F)(F)F)C(O)(O)NC(=O)C4CCCCO4)c(OC)cc3o2)cc1OC. The summed E-state index contributed by atoms with van der Waals surface area (Å²) in [5.41, 5.74) is -7.02. The molecule has 2 heterocycles. The van der Waals surface area contributed by atoms with Gasteiger partial charge < -0.3 is 43.4 Å². The second-order valence-electron chi connectivity index (χ2n) is 9.63. The van der Waals surface area contributed by atoms with Crippen molar-refractivity contribution in [3.8, 4) is 34.3 Å². The van der Waals surface area contributed by atoms with Crippen molar-refractivity contribution in [1.82, 2.24) is 5.32 Å². The molecule has 1 fully saturated rings. The van der Waals surface area contributed by atoms with Gasteiger partial charge in [0, 0.05) is 24.3 Å². The lowest BCUT2D eigenvalue weighted by Gasteiger charge is -2.42. The first-order valence-corrected chi connectivity index (χ1v) is 12.9. The Morgan fingerprint density at radius 2 is 1.60 bits per heavy atom. The maximum absolute atomic E-state index is 14.7. The van der Waals surface area contributed by atoms with Gasteiger partial charge in [-0.3, -0.25) is 14.9 Å². The largest absolute Gasteiger partial charge is 0.496 e. The van der Waals surface area contributed by atoms with Crippen LogP contribution in [0.15, 0.2) is 39.5 Å². The molecular formula is C28H30F3NO11. The molecule has 4 N–H and O–H groups in total. The van der Waals surface area contributed by atoms with Gasteiger partial charge in [0.05, 0.1) is 34.0 Å². The molecule has 0 spiro atoms. The zero-order valence-electron chi connectivity index (χ0n) is 23.5. The third-order valence-electron chi connectivity index (χ3n) is 7.08. The van der Waals surface area contributed by atoms with Gasteiger partial charge in [0.2, 0.25) is 0 Å². The monoisotopic (exact) mass is 613 g/mol. The Labute approximate surface area is 242 Å². The van der Waals surface area contributed by atoms with Crippen LogP contribution in [-0.2, 0) is 15.1 Å². The first kappa shape index (κ1) is 31.9. The summed E-state index contributed by atoms with van der Waals surface area (Å²) < 4.78 is 76.0. The number of ether oxygens (including phenoxy) is 5. The maximum Gasteiger partial charge on any atom is 0.429 e. The zero-order valence-corrected chi connectivity index (χ0v) is 23.5. The van der Waals surface area contributed by atoms with Crippen LogP contribution in [0.4, 0.5) is 13.2 Å². The number of halogens is 3. The molecule has 1 saturated heterocycles. The lowest BCUT2D eigenvalue weighted by molar-refractivity contribution is -0.389. The van der Waals surface area contributed by atoms with E-state index in [0.29, 0.717) is 29.9 Å². The molecule has 0 aliphatic carbocycles. The molecule has 1 amide bonds. The average Bonchev–Trinajstić information content (AvgIpc) is 2.98. The molecule has 3 aromatic rings. The standard InChI is InChI=1S/C28H30F3NO11/c1-38-16-9-8-14(11-19(16)39-2)18-12-15(33)22-20(43-18)13-21(40-3)23(24(22)41-4)26(35,27(29,30)31)28(36,37)32-25(34)17-7-5-6-10-42-17/h8-9,11-13,17,35-37H,5-7,10H2,1-4H3,(H,32,34). The minimum atomic E-state index is -5.90. The quantitative estimate of drug-likeness (QED) is 0.262. The molecular weight excluding hydrogens is 583 g/mol. The van der Waals surface area contributed by atoms with E-state index in [1.54, 1.807) is 12.1 Å². The van der Waals surface area contributed by atoms with Gasteiger partial charge in [-0.05, 0) is 37.5 Å². The number of hydrogen-bond donors (Lipinski definition) is 4. The summed E-state index contributed by atoms with van der Waals surface area (Å²) in [6.07, 6.45) is -6.00. The fourth-order valence-corrected chi connectivity index (χ4v) is 4.91. The number of fused-ring (bicyclic) bond motifs is 1. The molecule has 0 radical (unpaired) electrons. The Hall–Kier alpha value is -4.05. The fraction of sp³-hybridized carbons (Fsp3) is 0.429. The highest BCUT2D eigenvalue weighted by Crippen LogP contribution is 2.53. The van der Waals surface area contributed by atoms with Crippen molar-refractivity contribution in [2.75, 3.05) is 35.0 Å². The van der Waals surface area contributed by atoms with Crippen LogP contribution in [0.5, 0.6) is 23.0 Å². The molecule has 1 aromatic heterocycles. The number of aliphatic hydroxyl groups is 3. The Morgan fingerprint density at radius 3 is 2.16 bits per heavy atom. The van der Waals surface area contributed by atoms with Crippen LogP contribution in [0, 0.1) is 0 Å². The number of rotatable bonds is 9. The first-order chi connectivity index (χ1) is 20.2. The molecule has 2 atom stereocenters. The molecule has 15 heteroatoms. The van der Waals surface area contributed by atoms with Crippen LogP contribution in [0.3, 0.4) is 0 Å². The zero-order chi connectivity index (χ0) is 31.7. The number of carbonyl (C=O) groups is 1. The first-order valence-electron chi connectivity index (χ1n) is 12.9. The van der Waals surface area contributed by atoms with E-state index in [1.807, 2.05) is 0 Å². The van der Waals surface area contributed by atoms with Crippen molar-refractivity contribution in [1.29, 1.82) is 0 Å². The van der Waals surface area contributed by atoms with Gasteiger partial charge in [-0.2, -0.15) is 13.2 Å². The number of hydrogen-bond acceptors (Lipinski definition) is 11. The van der Waals surface area contributed by atoms with Gasteiger partial charge >= 0.3 is 6.18 Å². The molecule has 1 aliphatic heterocycles. The minimum Gasteiger partial charge on any atom is -0.496 e. The third-order valence-corrected chi connectivity index (χ3v) is 7.08. The second kappa shape index (κ2) is 11.9. The lowest BCUT2D eigenvalue weighted by atomic mass is 9.85. The highest BCUT2D eigenvalue weighted by Gasteiger charge is 2.71. The van der Waals surface area contributed by atoms with Crippen molar-refractivity contribution in [2.45, 2.75) is 43.1 Å². The summed E-state index contributed by atoms with van der Waals surface area (Å²) in [4.78, 5) is 26.1. The van der Waals surface area contributed by atoms with Gasteiger partial charge in [0.1, 0.15) is 34.3 Å². The predicted octanol–water partition coefficient (Wildman–Crippen LogP) is 2.57. The Kier molecular flexibility index (Phi) is 8.83. The minimum absolute atomic E-state index is 0.0280. The smallest absolute Gasteiger partial charge is 0.429 e. The van der Waals surface area contributed by atoms with E-state index >= 15 is 0 Å². The van der Waals surface area contributed by atoms with Crippen molar-refractivity contribution in [3.05, 3.63) is 46.1 Å². The molecule has 12 nitrogen and oxygen atoms in total. The van der Waals surface area contributed by atoms with Gasteiger partial charge in [-0.1, -0.05) is 0 Å². The number of benzene rings is 2. The van der Waals surface area contributed by atoms with Crippen molar-refractivity contribution in [3.63, 3.8) is 0 Å². The van der Waals surface area contributed by atoms with Crippen molar-refractivity contribution >= 4 is 16.9 Å². The van der Waals surface area contributed by atoms with Crippen LogP contribution in [0.2, 0.25) is 0 Å². The Bertz CT molecular complexity index is 1560. The average molecular weight is 614 g/mol. The third kappa shape index (κ3) is 5.56. The van der Waals surface area contributed by atoms with Gasteiger partial charge in [0.15, 0.2) is 16.9 Å². The van der Waals surface area contributed by atoms with Gasteiger partial charge in [-0.15, -0.1) is 0 Å². The number of nitrogens with one attached hydrogen (secondary N) is 1. The number of alkyl halides is 3. The number of carbonyl (C=O) groups excluding carboxylic acids is 1. The topological polar surface area (TPSA) is 166 Å². The lowest BCUT2D eigenvalue weighted by Crippen LogP contribution is -2.69. The van der Waals surface area contributed by atoms with Crippen LogP contribution < -0.4 is 29.7 Å². The van der Waals surface area contributed by atoms with Crippen molar-refractivity contribution in [2.24, 2.45) is 0 Å². The van der Waals surface area contributed by atoms with E-state index in [4.69, 9.17) is 28.1 Å². The molecule has 4 rings (SSSR count). The number of methoxy groups -OCH3 is 4. The summed E-state index contributed by atoms with van der Waals surface area (Å²) in [5, 5.41) is 33.6. The summed E-state index contributed by atoms with van der Waals surface area (Å²) in [7, 11) is 4.64. The van der Waals surface area contributed by atoms with Crippen LogP contribution >= 0.6 is 0 Å². The molecule has 0 saturated carbocycles. The molecule has 2 unspecified atom stereocenters. The molecule has 0 bridgehead atoms. The second-order valence-corrected chi connectivity index (χ2v) is 9.63. The van der Waals surface area contributed by atoms with Crippen LogP contribution in [-0.4, -0.2) is 74.5 Å². The summed E-state index contributed by atoms with van der Waals surface area (Å²) in [6, 6.07) is 6.39.